The number of ether oxygens (including phenoxy) is 2. The van der Waals surface area contributed by atoms with Gasteiger partial charge in [0, 0.05) is 5.69 Å². The number of rotatable bonds is 8. The van der Waals surface area contributed by atoms with Crippen LogP contribution in [0.5, 0.6) is 11.5 Å². The highest BCUT2D eigenvalue weighted by atomic mass is 19.1. The first-order chi connectivity index (χ1) is 15.4. The molecule has 2 N–H and O–H groups in total. The van der Waals surface area contributed by atoms with Gasteiger partial charge in [0.1, 0.15) is 29.8 Å². The van der Waals surface area contributed by atoms with E-state index in [-0.39, 0.29) is 17.9 Å². The Hall–Kier alpha value is -4.58. The van der Waals surface area contributed by atoms with Crippen molar-refractivity contribution >= 4 is 23.6 Å². The molecule has 0 saturated heterocycles. The van der Waals surface area contributed by atoms with Crippen molar-refractivity contribution in [3.63, 3.8) is 0 Å². The first-order valence-corrected chi connectivity index (χ1v) is 9.21. The molecule has 0 spiro atoms. The molecule has 8 nitrogen and oxygen atoms in total. The van der Waals surface area contributed by atoms with E-state index in [0.717, 1.165) is 0 Å². The predicted octanol–water partition coefficient (Wildman–Crippen LogP) is 4.25. The molecule has 0 unspecified atom stereocenters. The molecule has 0 fully saturated rings. The van der Waals surface area contributed by atoms with E-state index in [1.165, 1.54) is 49.6 Å². The van der Waals surface area contributed by atoms with Gasteiger partial charge in [-0.25, -0.2) is 9.18 Å². The number of carboxylic acid groups (broad SMARTS) is 1. The van der Waals surface area contributed by atoms with Crippen molar-refractivity contribution in [3.05, 3.63) is 83.1 Å². The Balaban J connectivity index is 1.73. The summed E-state index contributed by atoms with van der Waals surface area (Å²) in [6.45, 7) is -0.0254. The molecule has 0 atom stereocenters. The second-order valence-corrected chi connectivity index (χ2v) is 6.40. The van der Waals surface area contributed by atoms with E-state index in [1.807, 2.05) is 6.07 Å². The number of amides is 1. The minimum Gasteiger partial charge on any atom is -0.493 e. The summed E-state index contributed by atoms with van der Waals surface area (Å²) >= 11 is 0. The largest absolute Gasteiger partial charge is 0.493 e. The van der Waals surface area contributed by atoms with Crippen LogP contribution < -0.4 is 14.8 Å². The summed E-state index contributed by atoms with van der Waals surface area (Å²) in [5.41, 5.74) is 0.691. The third kappa shape index (κ3) is 5.52. The van der Waals surface area contributed by atoms with E-state index in [4.69, 9.17) is 19.0 Å². The van der Waals surface area contributed by atoms with Gasteiger partial charge < -0.3 is 24.3 Å². The van der Waals surface area contributed by atoms with Crippen LogP contribution in [0.25, 0.3) is 6.08 Å². The van der Waals surface area contributed by atoms with Crippen molar-refractivity contribution in [3.8, 4) is 17.6 Å². The number of benzene rings is 2. The van der Waals surface area contributed by atoms with Crippen molar-refractivity contribution < 1.29 is 33.0 Å². The predicted molar refractivity (Wildman–Crippen MR) is 112 cm³/mol. The Morgan fingerprint density at radius 3 is 2.53 bits per heavy atom. The van der Waals surface area contributed by atoms with Crippen LogP contribution >= 0.6 is 0 Å². The summed E-state index contributed by atoms with van der Waals surface area (Å²) in [7, 11) is 1.43. The fraction of sp³-hybridized carbons (Fsp3) is 0.0870. The van der Waals surface area contributed by atoms with Crippen molar-refractivity contribution in [1.82, 2.24) is 0 Å². The molecule has 0 aliphatic heterocycles. The highest BCUT2D eigenvalue weighted by Gasteiger charge is 2.13. The number of nitriles is 1. The Labute approximate surface area is 182 Å². The van der Waals surface area contributed by atoms with E-state index >= 15 is 0 Å². The molecule has 0 aliphatic carbocycles. The Morgan fingerprint density at radius 1 is 1.16 bits per heavy atom. The van der Waals surface area contributed by atoms with E-state index in [2.05, 4.69) is 5.32 Å². The van der Waals surface area contributed by atoms with Gasteiger partial charge in [-0.15, -0.1) is 0 Å². The summed E-state index contributed by atoms with van der Waals surface area (Å²) in [5, 5.41) is 20.8. The number of hydrogen-bond donors (Lipinski definition) is 2. The number of nitrogens with zero attached hydrogens (tertiary/aromatic N) is 1. The fourth-order valence-electron chi connectivity index (χ4n) is 2.66. The van der Waals surface area contributed by atoms with Crippen molar-refractivity contribution in [2.24, 2.45) is 0 Å². The summed E-state index contributed by atoms with van der Waals surface area (Å²) in [4.78, 5) is 23.2. The lowest BCUT2D eigenvalue weighted by Crippen LogP contribution is -2.13. The molecule has 3 rings (SSSR count). The molecule has 9 heteroatoms. The first kappa shape index (κ1) is 22.1. The Morgan fingerprint density at radius 2 is 1.91 bits per heavy atom. The number of hydrogen-bond acceptors (Lipinski definition) is 6. The van der Waals surface area contributed by atoms with Crippen LogP contribution in [0.2, 0.25) is 0 Å². The van der Waals surface area contributed by atoms with Crippen LogP contribution in [-0.2, 0) is 11.4 Å². The van der Waals surface area contributed by atoms with Crippen molar-refractivity contribution in [1.29, 1.82) is 5.26 Å². The topological polar surface area (TPSA) is 122 Å². The smallest absolute Gasteiger partial charge is 0.371 e. The van der Waals surface area contributed by atoms with Gasteiger partial charge in [-0.05, 0) is 60.2 Å². The Bertz CT molecular complexity index is 1210. The van der Waals surface area contributed by atoms with Crippen LogP contribution in [0.3, 0.4) is 0 Å². The minimum absolute atomic E-state index is 0.0254. The SMILES string of the molecule is COc1cc(/C=C(/C#N)C(=O)Nc2ccc(F)cc2)ccc1OCc1ccc(C(=O)O)o1. The third-order valence-corrected chi connectivity index (χ3v) is 4.21. The van der Waals surface area contributed by atoms with Gasteiger partial charge >= 0.3 is 5.97 Å². The molecule has 0 radical (unpaired) electrons. The van der Waals surface area contributed by atoms with Gasteiger partial charge in [-0.1, -0.05) is 6.07 Å². The summed E-state index contributed by atoms with van der Waals surface area (Å²) in [6, 6.07) is 14.6. The van der Waals surface area contributed by atoms with E-state index in [0.29, 0.717) is 28.5 Å². The lowest BCUT2D eigenvalue weighted by molar-refractivity contribution is -0.112. The number of methoxy groups -OCH3 is 1. The number of carbonyl (C=O) groups is 2. The summed E-state index contributed by atoms with van der Waals surface area (Å²) in [6.07, 6.45) is 1.37. The minimum atomic E-state index is -1.18. The molecule has 3 aromatic rings. The molecule has 0 bridgehead atoms. The van der Waals surface area contributed by atoms with Crippen LogP contribution in [-0.4, -0.2) is 24.1 Å². The molecule has 2 aromatic carbocycles. The van der Waals surface area contributed by atoms with Gasteiger partial charge in [0.2, 0.25) is 5.76 Å². The molecule has 0 aliphatic rings. The van der Waals surface area contributed by atoms with Gasteiger partial charge in [0.25, 0.3) is 5.91 Å². The van der Waals surface area contributed by atoms with Gasteiger partial charge in [0.05, 0.1) is 7.11 Å². The average Bonchev–Trinajstić information content (AvgIpc) is 3.27. The van der Waals surface area contributed by atoms with Gasteiger partial charge in [-0.3, -0.25) is 4.79 Å². The number of furan rings is 1. The van der Waals surface area contributed by atoms with E-state index in [1.54, 1.807) is 18.2 Å². The van der Waals surface area contributed by atoms with Crippen LogP contribution in [0.1, 0.15) is 21.9 Å². The van der Waals surface area contributed by atoms with Crippen molar-refractivity contribution in [2.75, 3.05) is 12.4 Å². The van der Waals surface area contributed by atoms with Crippen LogP contribution in [0.4, 0.5) is 10.1 Å². The van der Waals surface area contributed by atoms with Crippen molar-refractivity contribution in [2.45, 2.75) is 6.61 Å². The quantitative estimate of drug-likeness (QED) is 0.400. The number of aromatic carboxylic acids is 1. The van der Waals surface area contributed by atoms with Crippen LogP contribution in [0.15, 0.2) is 64.6 Å². The highest BCUT2D eigenvalue weighted by Crippen LogP contribution is 2.30. The number of carbonyl (C=O) groups excluding carboxylic acids is 1. The molecule has 0 saturated carbocycles. The number of nitrogens with one attached hydrogen (secondary N) is 1. The van der Waals surface area contributed by atoms with Crippen LogP contribution in [0, 0.1) is 17.1 Å². The second-order valence-electron chi connectivity index (χ2n) is 6.40. The lowest BCUT2D eigenvalue weighted by Gasteiger charge is -2.10. The monoisotopic (exact) mass is 436 g/mol. The fourth-order valence-corrected chi connectivity index (χ4v) is 2.66. The number of halogens is 1. The Kier molecular flexibility index (Phi) is 6.88. The standard InChI is InChI=1S/C23H17FN2O6/c1-30-21-11-14(2-8-19(21)31-13-18-7-9-20(32-18)23(28)29)10-15(12-25)22(27)26-17-5-3-16(24)4-6-17/h2-11H,13H2,1H3,(H,26,27)(H,28,29)/b15-10-. The summed E-state index contributed by atoms with van der Waals surface area (Å²) < 4.78 is 29.1. The maximum atomic E-state index is 13.0. The third-order valence-electron chi connectivity index (χ3n) is 4.21. The zero-order valence-corrected chi connectivity index (χ0v) is 16.8. The number of carboxylic acids is 1. The first-order valence-electron chi connectivity index (χ1n) is 9.21. The second kappa shape index (κ2) is 9.95. The zero-order valence-electron chi connectivity index (χ0n) is 16.8. The molecule has 162 valence electrons. The van der Waals surface area contributed by atoms with Gasteiger partial charge in [-0.2, -0.15) is 5.26 Å². The zero-order chi connectivity index (χ0) is 23.1. The van der Waals surface area contributed by atoms with Gasteiger partial charge in [0.15, 0.2) is 11.5 Å². The molecule has 1 amide bonds. The number of anilines is 1. The molecular formula is C23H17FN2O6. The lowest BCUT2D eigenvalue weighted by atomic mass is 10.1. The average molecular weight is 436 g/mol. The van der Waals surface area contributed by atoms with E-state index in [9.17, 15) is 19.2 Å². The van der Waals surface area contributed by atoms with E-state index < -0.39 is 17.7 Å². The normalized spacial score (nSPS) is 10.8. The molecule has 32 heavy (non-hydrogen) atoms. The molecule has 1 aromatic heterocycles. The summed E-state index contributed by atoms with van der Waals surface area (Å²) in [5.74, 6) is -1.46. The maximum absolute atomic E-state index is 13.0. The highest BCUT2D eigenvalue weighted by molar-refractivity contribution is 6.09. The molecule has 1 heterocycles. The maximum Gasteiger partial charge on any atom is 0.371 e. The molecular weight excluding hydrogens is 419 g/mol.